The van der Waals surface area contributed by atoms with E-state index >= 15 is 0 Å². The van der Waals surface area contributed by atoms with Crippen molar-refractivity contribution < 1.29 is 13.5 Å². The fourth-order valence-corrected chi connectivity index (χ4v) is 1.68. The largest absolute Gasteiger partial charge is 0.493 e. The molecule has 0 spiro atoms. The molecule has 0 aliphatic rings. The Kier molecular flexibility index (Phi) is 3.76. The molecule has 0 unspecified atom stereocenters. The van der Waals surface area contributed by atoms with Gasteiger partial charge in [-0.1, -0.05) is 11.6 Å². The maximum absolute atomic E-state index is 13.5. The highest BCUT2D eigenvalue weighted by Gasteiger charge is 2.22. The Labute approximate surface area is 98.3 Å². The molecule has 0 saturated heterocycles. The molecule has 0 aliphatic carbocycles. The zero-order valence-corrected chi connectivity index (χ0v) is 10.2. The molecule has 0 saturated carbocycles. The molecule has 1 rings (SSSR count). The monoisotopic (exact) mass is 249 g/mol. The molecule has 2 nitrogen and oxygen atoms in total. The highest BCUT2D eigenvalue weighted by atomic mass is 35.5. The summed E-state index contributed by atoms with van der Waals surface area (Å²) in [6, 6.07) is 1.34. The molecule has 1 aromatic rings. The molecule has 0 bridgehead atoms. The Morgan fingerprint density at radius 3 is 2.38 bits per heavy atom. The lowest BCUT2D eigenvalue weighted by Gasteiger charge is -2.20. The van der Waals surface area contributed by atoms with E-state index in [0.717, 1.165) is 0 Å². The van der Waals surface area contributed by atoms with Crippen molar-refractivity contribution in [1.29, 1.82) is 0 Å². The number of ether oxygens (including phenoxy) is 1. The maximum atomic E-state index is 13.5. The Morgan fingerprint density at radius 1 is 1.38 bits per heavy atom. The average Bonchev–Trinajstić information content (AvgIpc) is 2.12. The second-order valence-corrected chi connectivity index (χ2v) is 4.75. The number of hydrogen-bond donors (Lipinski definition) is 1. The van der Waals surface area contributed by atoms with Gasteiger partial charge in [-0.25, -0.2) is 4.39 Å². The summed E-state index contributed by atoms with van der Waals surface area (Å²) in [5.41, 5.74) is 5.72. The molecule has 2 N–H and O–H groups in total. The highest BCUT2D eigenvalue weighted by Crippen LogP contribution is 2.32. The van der Waals surface area contributed by atoms with Crippen molar-refractivity contribution >= 4 is 11.6 Å². The van der Waals surface area contributed by atoms with E-state index in [-0.39, 0.29) is 10.8 Å². The average molecular weight is 250 g/mol. The summed E-state index contributed by atoms with van der Waals surface area (Å²) in [5.74, 6) is -2.31. The lowest BCUT2D eigenvalue weighted by Crippen LogP contribution is -2.34. The molecule has 0 aliphatic heterocycles. The second kappa shape index (κ2) is 4.55. The van der Waals surface area contributed by atoms with E-state index in [2.05, 4.69) is 0 Å². The summed E-state index contributed by atoms with van der Waals surface area (Å²) in [5, 5.41) is -0.266. The van der Waals surface area contributed by atoms with Crippen LogP contribution in [0.2, 0.25) is 5.02 Å². The third-order valence-electron chi connectivity index (χ3n) is 2.04. The van der Waals surface area contributed by atoms with E-state index in [1.165, 1.54) is 13.2 Å². The maximum Gasteiger partial charge on any atom is 0.202 e. The van der Waals surface area contributed by atoms with Crippen LogP contribution in [0, 0.1) is 11.6 Å². The van der Waals surface area contributed by atoms with Crippen LogP contribution >= 0.6 is 11.6 Å². The van der Waals surface area contributed by atoms with E-state index in [9.17, 15) is 8.78 Å². The predicted molar refractivity (Wildman–Crippen MR) is 59.9 cm³/mol. The number of benzene rings is 1. The highest BCUT2D eigenvalue weighted by molar-refractivity contribution is 6.30. The van der Waals surface area contributed by atoms with Gasteiger partial charge in [0.05, 0.1) is 12.1 Å². The Hall–Kier alpha value is -0.870. The van der Waals surface area contributed by atoms with E-state index in [1.54, 1.807) is 13.8 Å². The molecule has 0 atom stereocenters. The molecule has 1 aromatic carbocycles. The van der Waals surface area contributed by atoms with Gasteiger partial charge in [0.15, 0.2) is 11.6 Å². The summed E-state index contributed by atoms with van der Waals surface area (Å²) in [6.45, 7) is 3.56. The van der Waals surface area contributed by atoms with E-state index < -0.39 is 17.2 Å². The molecule has 0 fully saturated rings. The SMILES string of the molecule is COc1c(CC(C)(C)N)cc(Cl)c(F)c1F. The summed E-state index contributed by atoms with van der Waals surface area (Å²) in [7, 11) is 1.28. The molecule has 0 amide bonds. The number of halogens is 3. The summed E-state index contributed by atoms with van der Waals surface area (Å²) >= 11 is 5.57. The molecular weight excluding hydrogens is 236 g/mol. The van der Waals surface area contributed by atoms with Crippen LogP contribution < -0.4 is 10.5 Å². The minimum absolute atomic E-state index is 0.138. The van der Waals surface area contributed by atoms with Gasteiger partial charge in [0, 0.05) is 11.1 Å². The lowest BCUT2D eigenvalue weighted by atomic mass is 9.95. The normalized spacial score (nSPS) is 11.7. The quantitative estimate of drug-likeness (QED) is 0.836. The van der Waals surface area contributed by atoms with Gasteiger partial charge in [-0.05, 0) is 26.3 Å². The van der Waals surface area contributed by atoms with Crippen LogP contribution in [0.1, 0.15) is 19.4 Å². The van der Waals surface area contributed by atoms with Gasteiger partial charge >= 0.3 is 0 Å². The van der Waals surface area contributed by atoms with Crippen LogP contribution in [-0.4, -0.2) is 12.6 Å². The topological polar surface area (TPSA) is 35.2 Å². The molecule has 5 heteroatoms. The van der Waals surface area contributed by atoms with Gasteiger partial charge in [-0.3, -0.25) is 0 Å². The van der Waals surface area contributed by atoms with Crippen molar-refractivity contribution in [3.8, 4) is 5.75 Å². The van der Waals surface area contributed by atoms with E-state index in [1.807, 2.05) is 0 Å². The molecule has 16 heavy (non-hydrogen) atoms. The summed E-state index contributed by atoms with van der Waals surface area (Å²) in [6.07, 6.45) is 0.340. The zero-order chi connectivity index (χ0) is 12.5. The van der Waals surface area contributed by atoms with Crippen LogP contribution in [0.5, 0.6) is 5.75 Å². The van der Waals surface area contributed by atoms with Crippen LogP contribution in [0.25, 0.3) is 0 Å². The van der Waals surface area contributed by atoms with Crippen molar-refractivity contribution in [2.75, 3.05) is 7.11 Å². The van der Waals surface area contributed by atoms with Crippen molar-refractivity contribution in [2.45, 2.75) is 25.8 Å². The number of rotatable bonds is 3. The van der Waals surface area contributed by atoms with Gasteiger partial charge in [0.1, 0.15) is 0 Å². The number of hydrogen-bond acceptors (Lipinski definition) is 2. The lowest BCUT2D eigenvalue weighted by molar-refractivity contribution is 0.362. The van der Waals surface area contributed by atoms with Crippen LogP contribution in [-0.2, 0) is 6.42 Å². The third-order valence-corrected chi connectivity index (χ3v) is 2.32. The molecular formula is C11H14ClF2NO. The van der Waals surface area contributed by atoms with Gasteiger partial charge in [0.2, 0.25) is 5.82 Å². The predicted octanol–water partition coefficient (Wildman–Crippen LogP) is 2.91. The fourth-order valence-electron chi connectivity index (χ4n) is 1.47. The molecule has 0 heterocycles. The molecule has 90 valence electrons. The molecule has 0 radical (unpaired) electrons. The zero-order valence-electron chi connectivity index (χ0n) is 9.40. The van der Waals surface area contributed by atoms with E-state index in [0.29, 0.717) is 12.0 Å². The smallest absolute Gasteiger partial charge is 0.202 e. The van der Waals surface area contributed by atoms with Gasteiger partial charge < -0.3 is 10.5 Å². The van der Waals surface area contributed by atoms with Gasteiger partial charge in [-0.2, -0.15) is 4.39 Å². The standard InChI is InChI=1S/C11H14ClF2NO/c1-11(2,15)5-6-4-7(12)8(13)9(14)10(6)16-3/h4H,5,15H2,1-3H3. The van der Waals surface area contributed by atoms with Crippen LogP contribution in [0.15, 0.2) is 6.07 Å². The molecule has 0 aromatic heterocycles. The first-order valence-corrected chi connectivity index (χ1v) is 5.13. The minimum atomic E-state index is -1.10. The minimum Gasteiger partial charge on any atom is -0.493 e. The Balaban J connectivity index is 3.28. The summed E-state index contributed by atoms with van der Waals surface area (Å²) in [4.78, 5) is 0. The second-order valence-electron chi connectivity index (χ2n) is 4.34. The Bertz CT molecular complexity index is 402. The fraction of sp³-hybridized carbons (Fsp3) is 0.455. The summed E-state index contributed by atoms with van der Waals surface area (Å²) < 4.78 is 31.5. The van der Waals surface area contributed by atoms with Gasteiger partial charge in [0.25, 0.3) is 0 Å². The van der Waals surface area contributed by atoms with Gasteiger partial charge in [-0.15, -0.1) is 0 Å². The number of methoxy groups -OCH3 is 1. The van der Waals surface area contributed by atoms with Crippen molar-refractivity contribution in [2.24, 2.45) is 5.73 Å². The van der Waals surface area contributed by atoms with Crippen molar-refractivity contribution in [3.05, 3.63) is 28.3 Å². The first-order chi connectivity index (χ1) is 7.26. The number of nitrogens with two attached hydrogens (primary N) is 1. The Morgan fingerprint density at radius 2 is 1.94 bits per heavy atom. The van der Waals surface area contributed by atoms with E-state index in [4.69, 9.17) is 22.1 Å². The third kappa shape index (κ3) is 2.83. The first-order valence-electron chi connectivity index (χ1n) is 4.75. The van der Waals surface area contributed by atoms with Crippen LogP contribution in [0.3, 0.4) is 0 Å². The van der Waals surface area contributed by atoms with Crippen molar-refractivity contribution in [3.63, 3.8) is 0 Å². The van der Waals surface area contributed by atoms with Crippen LogP contribution in [0.4, 0.5) is 8.78 Å². The van der Waals surface area contributed by atoms with Crippen molar-refractivity contribution in [1.82, 2.24) is 0 Å². The first kappa shape index (κ1) is 13.2.